The fourth-order valence-electron chi connectivity index (χ4n) is 9.67. The number of aliphatic hydroxyl groups is 1. The van der Waals surface area contributed by atoms with E-state index in [4.69, 9.17) is 33.3 Å². The van der Waals surface area contributed by atoms with E-state index in [9.17, 15) is 24.8 Å². The monoisotopic (exact) mass is 894 g/mol. The Morgan fingerprint density at radius 3 is 2.52 bits per heavy atom. The molecule has 6 heterocycles. The summed E-state index contributed by atoms with van der Waals surface area (Å²) in [5.74, 6) is -0.807. The molecule has 0 unspecified atom stereocenters. The van der Waals surface area contributed by atoms with E-state index in [0.29, 0.717) is 70.6 Å². The zero-order chi connectivity index (χ0) is 46.4. The molecule has 8 rings (SSSR count). The third kappa shape index (κ3) is 9.24. The van der Waals surface area contributed by atoms with Gasteiger partial charge in [-0.2, -0.15) is 5.26 Å². The first-order chi connectivity index (χ1) is 31.0. The van der Waals surface area contributed by atoms with Gasteiger partial charge in [-0.3, -0.25) is 24.5 Å². The van der Waals surface area contributed by atoms with Gasteiger partial charge in [-0.05, 0) is 95.0 Å². The van der Waals surface area contributed by atoms with Crippen LogP contribution in [-0.2, 0) is 35.0 Å². The molecule has 348 valence electrons. The fraction of sp³-hybridized carbons (Fsp3) is 0.583. The number of benzene rings is 1. The minimum atomic E-state index is -1.24. The maximum absolute atomic E-state index is 14.8. The first-order valence-corrected chi connectivity index (χ1v) is 22.6. The summed E-state index contributed by atoms with van der Waals surface area (Å²) in [6.07, 6.45) is 5.21. The number of fused-ring (bicyclic) bond motifs is 1. The van der Waals surface area contributed by atoms with Crippen LogP contribution in [0.1, 0.15) is 103 Å². The van der Waals surface area contributed by atoms with Gasteiger partial charge in [-0.1, -0.05) is 19.9 Å². The molecule has 1 aliphatic carbocycles. The molecule has 4 fully saturated rings. The van der Waals surface area contributed by atoms with Crippen LogP contribution < -0.4 is 10.7 Å². The fourth-order valence-corrected chi connectivity index (χ4v) is 9.67. The number of hydrogen-bond donors (Lipinski definition) is 3. The van der Waals surface area contributed by atoms with E-state index >= 15 is 0 Å². The number of methoxy groups -OCH3 is 2. The van der Waals surface area contributed by atoms with Crippen molar-refractivity contribution in [2.24, 2.45) is 16.7 Å². The summed E-state index contributed by atoms with van der Waals surface area (Å²) in [5, 5.41) is 25.7. The molecule has 17 nitrogen and oxygen atoms in total. The predicted octanol–water partition coefficient (Wildman–Crippen LogP) is 6.04. The number of nitriles is 1. The molecule has 65 heavy (non-hydrogen) atoms. The number of oxazole rings is 1. The van der Waals surface area contributed by atoms with Crippen LogP contribution in [0.5, 0.6) is 0 Å². The molecule has 4 aromatic rings. The van der Waals surface area contributed by atoms with Crippen LogP contribution in [0.2, 0.25) is 0 Å². The van der Waals surface area contributed by atoms with Crippen molar-refractivity contribution in [3.8, 4) is 28.6 Å². The first kappa shape index (κ1) is 46.2. The van der Waals surface area contributed by atoms with E-state index in [1.807, 2.05) is 32.9 Å². The summed E-state index contributed by atoms with van der Waals surface area (Å²) in [4.78, 5) is 53.0. The predicted molar refractivity (Wildman–Crippen MR) is 239 cm³/mol. The number of hydrazine groups is 1. The summed E-state index contributed by atoms with van der Waals surface area (Å²) in [6.45, 7) is 13.9. The molecule has 4 atom stereocenters. The summed E-state index contributed by atoms with van der Waals surface area (Å²) in [7, 11) is 2.97. The minimum absolute atomic E-state index is 0.0431. The van der Waals surface area contributed by atoms with E-state index in [1.165, 1.54) is 12.1 Å². The standard InChI is InChI=1S/C48H62N8O9/c1-28(61-7)38-32(11-9-15-50-38)40-34(20-47(5,6)25-57)33-19-30(13-14-37(33)56(40)31-17-29(18-31)21-49)36-22-64-42(51-36)41(54-23-48(24-54)26-63-27-48)39(52-45(60)65-46(2,3)4)43(58)55-16-10-12-35(53-55)44(59)62-8/h9,11,13-15,19,22,28-29,31,35,39,41,53,57H,10,12,16-18,20,23-27H2,1-8H3,(H,52,60)/t28-,29?,31?,35-,39-,41-/m0/s1. The van der Waals surface area contributed by atoms with Gasteiger partial charge in [0.25, 0.3) is 5.91 Å². The van der Waals surface area contributed by atoms with Crippen molar-refractivity contribution in [2.75, 3.05) is 53.7 Å². The molecule has 1 spiro atoms. The Labute approximate surface area is 379 Å². The highest BCUT2D eigenvalue weighted by atomic mass is 16.6. The number of nitrogens with zero attached hydrogens (tertiary/aromatic N) is 6. The quantitative estimate of drug-likeness (QED) is 0.124. The number of hydrogen-bond acceptors (Lipinski definition) is 14. The molecular formula is C48H62N8O9. The Morgan fingerprint density at radius 1 is 1.12 bits per heavy atom. The molecule has 3 aromatic heterocycles. The SMILES string of the molecule is COC(=O)[C@@H]1CCCN(C(=O)[C@@H](NC(=O)OC(C)(C)C)[C@@H](c2nc(-c3ccc4c(c3)c(CC(C)(C)CO)c(-c3cccnc3[C@H](C)OC)n4C3CC(C#N)C3)co2)N2CC3(COC3)C2)N1. The minimum Gasteiger partial charge on any atom is -0.468 e. The number of ether oxygens (including phenoxy) is 4. The van der Waals surface area contributed by atoms with Crippen molar-refractivity contribution in [1.82, 2.24) is 35.2 Å². The first-order valence-electron chi connectivity index (χ1n) is 22.6. The van der Waals surface area contributed by atoms with Gasteiger partial charge in [0, 0.05) is 73.0 Å². The number of pyridine rings is 1. The number of nitrogens with one attached hydrogen (secondary N) is 2. The number of likely N-dealkylation sites (tertiary alicyclic amines) is 1. The topological polar surface area (TPSA) is 207 Å². The lowest BCUT2D eigenvalue weighted by molar-refractivity contribution is -0.204. The largest absolute Gasteiger partial charge is 0.468 e. The van der Waals surface area contributed by atoms with Crippen molar-refractivity contribution in [2.45, 2.75) is 110 Å². The number of alkyl carbamates (subject to hydrolysis) is 1. The number of esters is 1. The second-order valence-electron chi connectivity index (χ2n) is 20.1. The van der Waals surface area contributed by atoms with Gasteiger partial charge < -0.3 is 38.4 Å². The number of rotatable bonds is 14. The Balaban J connectivity index is 1.24. The lowest BCUT2D eigenvalue weighted by atomic mass is 9.76. The van der Waals surface area contributed by atoms with Crippen molar-refractivity contribution in [3.05, 3.63) is 59.9 Å². The zero-order valence-electron chi connectivity index (χ0n) is 38.7. The van der Waals surface area contributed by atoms with E-state index in [2.05, 4.69) is 44.5 Å². The number of aliphatic hydroxyl groups excluding tert-OH is 1. The molecule has 1 saturated carbocycles. The van der Waals surface area contributed by atoms with E-state index < -0.39 is 47.1 Å². The molecular weight excluding hydrogens is 833 g/mol. The van der Waals surface area contributed by atoms with E-state index in [0.717, 1.165) is 39.0 Å². The summed E-state index contributed by atoms with van der Waals surface area (Å²) in [6, 6.07) is 9.83. The van der Waals surface area contributed by atoms with Crippen LogP contribution in [0.4, 0.5) is 4.79 Å². The van der Waals surface area contributed by atoms with Gasteiger partial charge in [-0.15, -0.1) is 0 Å². The van der Waals surface area contributed by atoms with Crippen LogP contribution in [0.15, 0.2) is 47.2 Å². The smallest absolute Gasteiger partial charge is 0.408 e. The summed E-state index contributed by atoms with van der Waals surface area (Å²) in [5.41, 5.74) is 7.59. The maximum Gasteiger partial charge on any atom is 0.408 e. The average Bonchev–Trinajstić information content (AvgIpc) is 3.84. The number of aromatic nitrogens is 3. The number of amides is 2. The molecule has 3 N–H and O–H groups in total. The molecule has 1 aromatic carbocycles. The normalized spacial score (nSPS) is 22.2. The maximum atomic E-state index is 14.8. The third-order valence-electron chi connectivity index (χ3n) is 13.2. The molecule has 0 bridgehead atoms. The summed E-state index contributed by atoms with van der Waals surface area (Å²) >= 11 is 0. The molecule has 0 radical (unpaired) electrons. The van der Waals surface area contributed by atoms with Gasteiger partial charge in [0.05, 0.1) is 49.8 Å². The average molecular weight is 895 g/mol. The lowest BCUT2D eigenvalue weighted by Gasteiger charge is -2.57. The van der Waals surface area contributed by atoms with E-state index in [1.54, 1.807) is 40.3 Å². The van der Waals surface area contributed by atoms with E-state index in [-0.39, 0.29) is 36.0 Å². The Morgan fingerprint density at radius 2 is 1.88 bits per heavy atom. The van der Waals surface area contributed by atoms with Crippen LogP contribution >= 0.6 is 0 Å². The number of carbonyl (C=O) groups excluding carboxylic acids is 3. The third-order valence-corrected chi connectivity index (χ3v) is 13.2. The van der Waals surface area contributed by atoms with Crippen molar-refractivity contribution < 1.29 is 42.9 Å². The molecule has 4 aliphatic rings. The van der Waals surface area contributed by atoms with Gasteiger partial charge >= 0.3 is 12.1 Å². The van der Waals surface area contributed by atoms with Crippen LogP contribution in [0.25, 0.3) is 33.4 Å². The zero-order valence-corrected chi connectivity index (χ0v) is 38.7. The van der Waals surface area contributed by atoms with Gasteiger partial charge in [-0.25, -0.2) is 15.2 Å². The van der Waals surface area contributed by atoms with Gasteiger partial charge in [0.2, 0.25) is 5.89 Å². The van der Waals surface area contributed by atoms with Crippen LogP contribution in [0, 0.1) is 28.1 Å². The van der Waals surface area contributed by atoms with Crippen molar-refractivity contribution in [3.63, 3.8) is 0 Å². The molecule has 3 saturated heterocycles. The Kier molecular flexibility index (Phi) is 12.9. The van der Waals surface area contributed by atoms with Crippen molar-refractivity contribution >= 4 is 28.9 Å². The molecule has 17 heteroatoms. The highest BCUT2D eigenvalue weighted by Crippen LogP contribution is 2.49. The second kappa shape index (κ2) is 18.1. The highest BCUT2D eigenvalue weighted by Gasteiger charge is 2.55. The Bertz CT molecular complexity index is 2450. The molecule has 3 aliphatic heterocycles. The molecule has 2 amide bonds. The van der Waals surface area contributed by atoms with Crippen LogP contribution in [-0.4, -0.2) is 119 Å². The summed E-state index contributed by atoms with van der Waals surface area (Å²) < 4.78 is 30.9. The van der Waals surface area contributed by atoms with Gasteiger partial charge in [0.15, 0.2) is 0 Å². The lowest BCUT2D eigenvalue weighted by Crippen LogP contribution is -2.70. The van der Waals surface area contributed by atoms with Crippen LogP contribution in [0.3, 0.4) is 0 Å². The van der Waals surface area contributed by atoms with Gasteiger partial charge in [0.1, 0.15) is 35.7 Å². The van der Waals surface area contributed by atoms with Crippen molar-refractivity contribution in [1.29, 1.82) is 5.26 Å². The number of carbonyl (C=O) groups is 3. The Hall–Kier alpha value is -5.38. The highest BCUT2D eigenvalue weighted by molar-refractivity contribution is 5.95. The second-order valence-corrected chi connectivity index (χ2v) is 20.1.